The third-order valence-corrected chi connectivity index (χ3v) is 2.79. The van der Waals surface area contributed by atoms with Gasteiger partial charge in [0.25, 0.3) is 0 Å². The Labute approximate surface area is 111 Å². The summed E-state index contributed by atoms with van der Waals surface area (Å²) in [6.07, 6.45) is 3.34. The molecule has 1 unspecified atom stereocenters. The van der Waals surface area contributed by atoms with Crippen LogP contribution in [-0.2, 0) is 4.79 Å². The second-order valence-electron chi connectivity index (χ2n) is 4.31. The molecule has 2 aromatic rings. The minimum atomic E-state index is -0.103. The summed E-state index contributed by atoms with van der Waals surface area (Å²) in [6, 6.07) is 7.50. The fourth-order valence-electron chi connectivity index (χ4n) is 1.77. The first kappa shape index (κ1) is 13.2. The topological polar surface area (TPSA) is 71.8 Å². The number of rotatable bonds is 5. The Bertz CT molecular complexity index is 538. The van der Waals surface area contributed by atoms with Crippen molar-refractivity contribution in [1.82, 2.24) is 20.3 Å². The first-order valence-corrected chi connectivity index (χ1v) is 6.13. The Morgan fingerprint density at radius 3 is 2.89 bits per heavy atom. The van der Waals surface area contributed by atoms with Crippen molar-refractivity contribution in [2.45, 2.75) is 6.92 Å². The lowest BCUT2D eigenvalue weighted by atomic mass is 10.1. The van der Waals surface area contributed by atoms with Crippen LogP contribution in [-0.4, -0.2) is 34.5 Å². The second-order valence-corrected chi connectivity index (χ2v) is 4.31. The van der Waals surface area contributed by atoms with Gasteiger partial charge in [-0.3, -0.25) is 4.79 Å². The lowest BCUT2D eigenvalue weighted by Gasteiger charge is -2.14. The summed E-state index contributed by atoms with van der Waals surface area (Å²) in [6.45, 7) is 2.52. The van der Waals surface area contributed by atoms with E-state index >= 15 is 0 Å². The molecule has 100 valence electrons. The predicted molar refractivity (Wildman–Crippen MR) is 73.1 cm³/mol. The Hall–Kier alpha value is -2.21. The van der Waals surface area contributed by atoms with Gasteiger partial charge in [-0.1, -0.05) is 24.3 Å². The summed E-state index contributed by atoms with van der Waals surface area (Å²) in [5, 5.41) is 13.6. The minimum absolute atomic E-state index is 0.0260. The van der Waals surface area contributed by atoms with Gasteiger partial charge in [0.2, 0.25) is 5.91 Å². The van der Waals surface area contributed by atoms with E-state index in [0.29, 0.717) is 6.54 Å². The van der Waals surface area contributed by atoms with Gasteiger partial charge in [0.15, 0.2) is 0 Å². The van der Waals surface area contributed by atoms with Crippen LogP contribution in [0, 0.1) is 5.92 Å². The number of nitrogens with zero attached hydrogens (tertiary/aromatic N) is 3. The standard InChI is InChI=1S/C13H17N5O/c1-10(9-14-2)13(19)16-11-5-3-4-6-12(11)18-8-7-15-17-18/h3-8,10,14H,9H2,1-2H3,(H,16,19). The number of benzene rings is 1. The van der Waals surface area contributed by atoms with Crippen molar-refractivity contribution in [2.75, 3.05) is 18.9 Å². The summed E-state index contributed by atoms with van der Waals surface area (Å²) < 4.78 is 1.62. The largest absolute Gasteiger partial charge is 0.324 e. The number of amides is 1. The van der Waals surface area contributed by atoms with Gasteiger partial charge in [-0.25, -0.2) is 4.68 Å². The molecule has 6 nitrogen and oxygen atoms in total. The maximum absolute atomic E-state index is 12.0. The maximum atomic E-state index is 12.0. The molecule has 6 heteroatoms. The highest BCUT2D eigenvalue weighted by atomic mass is 16.1. The molecule has 0 radical (unpaired) electrons. The van der Waals surface area contributed by atoms with Gasteiger partial charge in [0, 0.05) is 12.5 Å². The van der Waals surface area contributed by atoms with Gasteiger partial charge in [0.05, 0.1) is 23.8 Å². The zero-order valence-corrected chi connectivity index (χ0v) is 11.0. The molecule has 0 aliphatic carbocycles. The van der Waals surface area contributed by atoms with E-state index in [1.165, 1.54) is 0 Å². The highest BCUT2D eigenvalue weighted by molar-refractivity contribution is 5.94. The number of aromatic nitrogens is 3. The fourth-order valence-corrected chi connectivity index (χ4v) is 1.77. The summed E-state index contributed by atoms with van der Waals surface area (Å²) >= 11 is 0. The molecule has 1 atom stereocenters. The van der Waals surface area contributed by atoms with Gasteiger partial charge >= 0.3 is 0 Å². The average Bonchev–Trinajstić information content (AvgIpc) is 2.93. The molecule has 1 heterocycles. The molecular weight excluding hydrogens is 242 g/mol. The number of anilines is 1. The molecule has 0 aliphatic heterocycles. The third kappa shape index (κ3) is 3.17. The van der Waals surface area contributed by atoms with E-state index in [-0.39, 0.29) is 11.8 Å². The van der Waals surface area contributed by atoms with E-state index in [4.69, 9.17) is 0 Å². The van der Waals surface area contributed by atoms with Crippen LogP contribution in [0.1, 0.15) is 6.92 Å². The van der Waals surface area contributed by atoms with Gasteiger partial charge in [-0.05, 0) is 19.2 Å². The molecular formula is C13H17N5O. The quantitative estimate of drug-likeness (QED) is 0.842. The van der Waals surface area contributed by atoms with Crippen LogP contribution in [0.5, 0.6) is 0 Å². The van der Waals surface area contributed by atoms with E-state index in [0.717, 1.165) is 11.4 Å². The molecule has 2 N–H and O–H groups in total. The number of hydrogen-bond acceptors (Lipinski definition) is 4. The predicted octanol–water partition coefficient (Wildman–Crippen LogP) is 1.06. The van der Waals surface area contributed by atoms with Crippen molar-refractivity contribution in [3.8, 4) is 5.69 Å². The minimum Gasteiger partial charge on any atom is -0.324 e. The summed E-state index contributed by atoms with van der Waals surface area (Å²) in [7, 11) is 1.83. The van der Waals surface area contributed by atoms with Crippen molar-refractivity contribution in [2.24, 2.45) is 5.92 Å². The van der Waals surface area contributed by atoms with Crippen LogP contribution in [0.2, 0.25) is 0 Å². The fraction of sp³-hybridized carbons (Fsp3) is 0.308. The van der Waals surface area contributed by atoms with E-state index in [1.54, 1.807) is 17.1 Å². The van der Waals surface area contributed by atoms with Crippen LogP contribution in [0.25, 0.3) is 5.69 Å². The lowest BCUT2D eigenvalue weighted by molar-refractivity contribution is -0.119. The Kier molecular flexibility index (Phi) is 4.25. The van der Waals surface area contributed by atoms with Crippen molar-refractivity contribution in [1.29, 1.82) is 0 Å². The molecule has 0 aliphatic rings. The molecule has 0 bridgehead atoms. The molecule has 19 heavy (non-hydrogen) atoms. The van der Waals surface area contributed by atoms with E-state index in [2.05, 4.69) is 20.9 Å². The Morgan fingerprint density at radius 1 is 1.42 bits per heavy atom. The van der Waals surface area contributed by atoms with Gasteiger partial charge < -0.3 is 10.6 Å². The van der Waals surface area contributed by atoms with Crippen LogP contribution < -0.4 is 10.6 Å². The summed E-state index contributed by atoms with van der Waals surface area (Å²) in [5.41, 5.74) is 1.52. The number of carbonyl (C=O) groups excluding carboxylic acids is 1. The lowest BCUT2D eigenvalue weighted by Crippen LogP contribution is -2.29. The van der Waals surface area contributed by atoms with Crippen LogP contribution in [0.3, 0.4) is 0 Å². The molecule has 0 fully saturated rings. The SMILES string of the molecule is CNCC(C)C(=O)Nc1ccccc1-n1ccnn1. The molecule has 2 rings (SSSR count). The van der Waals surface area contributed by atoms with Crippen LogP contribution in [0.15, 0.2) is 36.7 Å². The van der Waals surface area contributed by atoms with Crippen LogP contribution in [0.4, 0.5) is 5.69 Å². The zero-order chi connectivity index (χ0) is 13.7. The molecule has 0 saturated carbocycles. The number of nitrogens with one attached hydrogen (secondary N) is 2. The number of carbonyl (C=O) groups is 1. The monoisotopic (exact) mass is 259 g/mol. The normalized spacial score (nSPS) is 12.1. The van der Waals surface area contributed by atoms with E-state index in [1.807, 2.05) is 38.2 Å². The molecule has 1 aromatic carbocycles. The molecule has 1 aromatic heterocycles. The third-order valence-electron chi connectivity index (χ3n) is 2.79. The van der Waals surface area contributed by atoms with Gasteiger partial charge in [-0.2, -0.15) is 0 Å². The average molecular weight is 259 g/mol. The highest BCUT2D eigenvalue weighted by Gasteiger charge is 2.14. The second kappa shape index (κ2) is 6.10. The van der Waals surface area contributed by atoms with E-state index < -0.39 is 0 Å². The number of para-hydroxylation sites is 2. The van der Waals surface area contributed by atoms with E-state index in [9.17, 15) is 4.79 Å². The van der Waals surface area contributed by atoms with Crippen molar-refractivity contribution >= 4 is 11.6 Å². The number of hydrogen-bond donors (Lipinski definition) is 2. The summed E-state index contributed by atoms with van der Waals surface area (Å²) in [5.74, 6) is -0.129. The Balaban J connectivity index is 2.19. The van der Waals surface area contributed by atoms with Gasteiger partial charge in [0.1, 0.15) is 0 Å². The van der Waals surface area contributed by atoms with Gasteiger partial charge in [-0.15, -0.1) is 5.10 Å². The van der Waals surface area contributed by atoms with Crippen molar-refractivity contribution < 1.29 is 4.79 Å². The Morgan fingerprint density at radius 2 is 2.21 bits per heavy atom. The highest BCUT2D eigenvalue weighted by Crippen LogP contribution is 2.19. The van der Waals surface area contributed by atoms with Crippen LogP contribution >= 0.6 is 0 Å². The molecule has 0 spiro atoms. The first-order chi connectivity index (χ1) is 9.22. The van der Waals surface area contributed by atoms with Crippen molar-refractivity contribution in [3.63, 3.8) is 0 Å². The smallest absolute Gasteiger partial charge is 0.228 e. The summed E-state index contributed by atoms with van der Waals surface area (Å²) in [4.78, 5) is 12.0. The maximum Gasteiger partial charge on any atom is 0.228 e. The molecule has 0 saturated heterocycles. The first-order valence-electron chi connectivity index (χ1n) is 6.13. The zero-order valence-electron chi connectivity index (χ0n) is 11.0. The molecule has 1 amide bonds. The van der Waals surface area contributed by atoms with Crippen molar-refractivity contribution in [3.05, 3.63) is 36.7 Å².